The summed E-state index contributed by atoms with van der Waals surface area (Å²) < 4.78 is 0.670. The minimum atomic E-state index is -0.326. The molecule has 0 heterocycles. The molecule has 20 heavy (non-hydrogen) atoms. The molecule has 0 unspecified atom stereocenters. The predicted octanol–water partition coefficient (Wildman–Crippen LogP) is 1.19. The van der Waals surface area contributed by atoms with Crippen molar-refractivity contribution in [3.8, 4) is 0 Å². The first-order valence-corrected chi connectivity index (χ1v) is 6.91. The Morgan fingerprint density at radius 2 is 2.10 bits per heavy atom. The van der Waals surface area contributed by atoms with E-state index in [-0.39, 0.29) is 31.5 Å². The highest BCUT2D eigenvalue weighted by Gasteiger charge is 2.14. The lowest BCUT2D eigenvalue weighted by molar-refractivity contribution is -0.130. The number of rotatable bonds is 7. The van der Waals surface area contributed by atoms with Crippen LogP contribution >= 0.6 is 15.9 Å². The molecule has 2 amide bonds. The molecule has 5 nitrogen and oxygen atoms in total. The molecule has 1 rings (SSSR count). The largest absolute Gasteiger partial charge is 0.395 e. The van der Waals surface area contributed by atoms with E-state index in [4.69, 9.17) is 5.11 Å². The Labute approximate surface area is 126 Å². The summed E-state index contributed by atoms with van der Waals surface area (Å²) in [6.45, 7) is 3.86. The maximum atomic E-state index is 11.9. The molecule has 0 aromatic heterocycles. The van der Waals surface area contributed by atoms with Gasteiger partial charge in [-0.3, -0.25) is 9.59 Å². The highest BCUT2D eigenvalue weighted by atomic mass is 79.9. The van der Waals surface area contributed by atoms with E-state index in [1.807, 2.05) is 0 Å². The third-order valence-corrected chi connectivity index (χ3v) is 3.28. The first-order chi connectivity index (χ1) is 9.60. The van der Waals surface area contributed by atoms with Crippen LogP contribution in [0.4, 0.5) is 0 Å². The van der Waals surface area contributed by atoms with Gasteiger partial charge < -0.3 is 15.3 Å². The zero-order valence-corrected chi connectivity index (χ0v) is 12.6. The molecule has 0 fully saturated rings. The highest BCUT2D eigenvalue weighted by molar-refractivity contribution is 9.10. The third-order valence-electron chi connectivity index (χ3n) is 2.59. The summed E-state index contributed by atoms with van der Waals surface area (Å²) in [5.41, 5.74) is 0.470. The molecule has 0 aliphatic carbocycles. The molecule has 108 valence electrons. The number of halogens is 1. The predicted molar refractivity (Wildman–Crippen MR) is 80.3 cm³/mol. The van der Waals surface area contributed by atoms with Crippen molar-refractivity contribution in [1.82, 2.24) is 10.2 Å². The maximum Gasteiger partial charge on any atom is 0.252 e. The molecule has 0 aliphatic heterocycles. The normalized spacial score (nSPS) is 9.90. The van der Waals surface area contributed by atoms with Crippen LogP contribution in [0, 0.1) is 0 Å². The van der Waals surface area contributed by atoms with E-state index < -0.39 is 0 Å². The van der Waals surface area contributed by atoms with E-state index in [0.717, 1.165) is 0 Å². The van der Waals surface area contributed by atoms with Gasteiger partial charge in [0.1, 0.15) is 0 Å². The van der Waals surface area contributed by atoms with Gasteiger partial charge in [-0.2, -0.15) is 0 Å². The number of amides is 2. The quantitative estimate of drug-likeness (QED) is 0.732. The van der Waals surface area contributed by atoms with Crippen LogP contribution in [-0.2, 0) is 4.79 Å². The topological polar surface area (TPSA) is 69.6 Å². The van der Waals surface area contributed by atoms with Crippen LogP contribution < -0.4 is 5.32 Å². The third kappa shape index (κ3) is 4.79. The van der Waals surface area contributed by atoms with Gasteiger partial charge in [0.25, 0.3) is 5.91 Å². The lowest BCUT2D eigenvalue weighted by atomic mass is 10.2. The second kappa shape index (κ2) is 8.50. The average molecular weight is 341 g/mol. The fraction of sp³-hybridized carbons (Fsp3) is 0.286. The van der Waals surface area contributed by atoms with E-state index in [0.29, 0.717) is 16.6 Å². The molecule has 2 N–H and O–H groups in total. The van der Waals surface area contributed by atoms with Gasteiger partial charge in [-0.25, -0.2) is 0 Å². The lowest BCUT2D eigenvalue weighted by Crippen LogP contribution is -2.41. The van der Waals surface area contributed by atoms with Gasteiger partial charge in [-0.1, -0.05) is 18.2 Å². The molecular weight excluding hydrogens is 324 g/mol. The van der Waals surface area contributed by atoms with Gasteiger partial charge in [0.2, 0.25) is 5.91 Å². The monoisotopic (exact) mass is 340 g/mol. The number of carbonyl (C=O) groups excluding carboxylic acids is 2. The fourth-order valence-electron chi connectivity index (χ4n) is 1.60. The highest BCUT2D eigenvalue weighted by Crippen LogP contribution is 2.15. The first kappa shape index (κ1) is 16.4. The second-order valence-electron chi connectivity index (χ2n) is 4.01. The maximum absolute atomic E-state index is 11.9. The Hall–Kier alpha value is -1.66. The number of nitrogens with one attached hydrogen (secondary N) is 1. The van der Waals surface area contributed by atoms with E-state index in [9.17, 15) is 9.59 Å². The Kier molecular flexibility index (Phi) is 6.97. The Morgan fingerprint density at radius 1 is 1.40 bits per heavy atom. The standard InChI is InChI=1S/C14H17BrN2O3/c1-2-7-17(8-9-18)13(19)10-16-14(20)11-5-3-4-6-12(11)15/h2-6,18H,1,7-10H2,(H,16,20). The summed E-state index contributed by atoms with van der Waals surface area (Å²) in [4.78, 5) is 25.2. The van der Waals surface area contributed by atoms with Crippen molar-refractivity contribution < 1.29 is 14.7 Å². The molecule has 0 bridgehead atoms. The molecule has 0 atom stereocenters. The number of carbonyl (C=O) groups is 2. The first-order valence-electron chi connectivity index (χ1n) is 6.12. The number of aliphatic hydroxyl groups is 1. The minimum absolute atomic E-state index is 0.117. The van der Waals surface area contributed by atoms with E-state index in [2.05, 4.69) is 27.8 Å². The number of benzene rings is 1. The molecule has 0 spiro atoms. The van der Waals surface area contributed by atoms with Crippen molar-refractivity contribution in [3.63, 3.8) is 0 Å². The van der Waals surface area contributed by atoms with Crippen LogP contribution in [0.15, 0.2) is 41.4 Å². The molecule has 0 aliphatic rings. The van der Waals surface area contributed by atoms with Gasteiger partial charge >= 0.3 is 0 Å². The van der Waals surface area contributed by atoms with Crippen molar-refractivity contribution in [3.05, 3.63) is 47.0 Å². The zero-order valence-electron chi connectivity index (χ0n) is 11.0. The van der Waals surface area contributed by atoms with E-state index in [1.54, 1.807) is 30.3 Å². The van der Waals surface area contributed by atoms with Gasteiger partial charge in [0.05, 0.1) is 18.7 Å². The van der Waals surface area contributed by atoms with E-state index >= 15 is 0 Å². The summed E-state index contributed by atoms with van der Waals surface area (Å²) in [5.74, 6) is -0.590. The number of hydrogen-bond acceptors (Lipinski definition) is 3. The Bertz CT molecular complexity index is 491. The van der Waals surface area contributed by atoms with E-state index in [1.165, 1.54) is 4.90 Å². The summed E-state index contributed by atoms with van der Waals surface area (Å²) in [5, 5.41) is 11.4. The van der Waals surface area contributed by atoms with Gasteiger partial charge in [-0.05, 0) is 28.1 Å². The number of nitrogens with zero attached hydrogens (tertiary/aromatic N) is 1. The Balaban J connectivity index is 2.57. The Morgan fingerprint density at radius 3 is 2.70 bits per heavy atom. The fourth-order valence-corrected chi connectivity index (χ4v) is 2.07. The smallest absolute Gasteiger partial charge is 0.252 e. The number of aliphatic hydroxyl groups excluding tert-OH is 1. The van der Waals surface area contributed by atoms with Crippen molar-refractivity contribution in [1.29, 1.82) is 0 Å². The average Bonchev–Trinajstić information content (AvgIpc) is 2.44. The van der Waals surface area contributed by atoms with Crippen LogP contribution in [0.5, 0.6) is 0 Å². The van der Waals surface area contributed by atoms with Crippen LogP contribution in [-0.4, -0.2) is 48.1 Å². The summed E-state index contributed by atoms with van der Waals surface area (Å²) in [6, 6.07) is 6.97. The van der Waals surface area contributed by atoms with Crippen LogP contribution in [0.3, 0.4) is 0 Å². The molecule has 1 aromatic carbocycles. The second-order valence-corrected chi connectivity index (χ2v) is 4.87. The molecular formula is C14H17BrN2O3. The van der Waals surface area contributed by atoms with Crippen LogP contribution in [0.25, 0.3) is 0 Å². The summed E-state index contributed by atoms with van der Waals surface area (Å²) >= 11 is 3.28. The van der Waals surface area contributed by atoms with Gasteiger partial charge in [-0.15, -0.1) is 6.58 Å². The molecule has 1 aromatic rings. The van der Waals surface area contributed by atoms with Gasteiger partial charge in [0.15, 0.2) is 0 Å². The SMILES string of the molecule is C=CCN(CCO)C(=O)CNC(=O)c1ccccc1Br. The van der Waals surface area contributed by atoms with Crippen LogP contribution in [0.2, 0.25) is 0 Å². The van der Waals surface area contributed by atoms with Crippen LogP contribution in [0.1, 0.15) is 10.4 Å². The molecule has 0 saturated carbocycles. The molecule has 0 radical (unpaired) electrons. The van der Waals surface area contributed by atoms with Crippen molar-refractivity contribution in [2.24, 2.45) is 0 Å². The zero-order chi connectivity index (χ0) is 15.0. The number of hydrogen-bond donors (Lipinski definition) is 2. The summed E-state index contributed by atoms with van der Waals surface area (Å²) in [6.07, 6.45) is 1.57. The molecule has 6 heteroatoms. The lowest BCUT2D eigenvalue weighted by Gasteiger charge is -2.20. The van der Waals surface area contributed by atoms with Crippen molar-refractivity contribution in [2.75, 3.05) is 26.2 Å². The van der Waals surface area contributed by atoms with Crippen molar-refractivity contribution >= 4 is 27.7 Å². The van der Waals surface area contributed by atoms with Crippen molar-refractivity contribution in [2.45, 2.75) is 0 Å². The molecule has 0 saturated heterocycles. The minimum Gasteiger partial charge on any atom is -0.395 e. The summed E-state index contributed by atoms with van der Waals surface area (Å²) in [7, 11) is 0. The van der Waals surface area contributed by atoms with Gasteiger partial charge in [0, 0.05) is 17.6 Å².